The molecular formula is C28H35N3O4S. The van der Waals surface area contributed by atoms with Crippen LogP contribution in [0.25, 0.3) is 0 Å². The molecular weight excluding hydrogens is 474 g/mol. The fourth-order valence-corrected chi connectivity index (χ4v) is 5.78. The van der Waals surface area contributed by atoms with Crippen molar-refractivity contribution >= 4 is 22.9 Å². The zero-order chi connectivity index (χ0) is 25.5. The Balaban J connectivity index is 1.40. The highest BCUT2D eigenvalue weighted by molar-refractivity contribution is 7.10. The standard InChI is InChI=1S/C28H35N3O4S/c1-20(29-27(32)19-21-7-12-24(34-3)25(18-21)35-4)28(26-6-5-17-36-26)31-15-13-30(14-16-31)22-8-10-23(33-2)11-9-22/h5-12,17-18,20,28H,13-16,19H2,1-4H3,(H,29,32). The van der Waals surface area contributed by atoms with Crippen LogP contribution in [0.15, 0.2) is 60.0 Å². The molecule has 0 saturated carbocycles. The van der Waals surface area contributed by atoms with Gasteiger partial charge in [-0.05, 0) is 60.3 Å². The number of anilines is 1. The Morgan fingerprint density at radius 1 is 0.944 bits per heavy atom. The van der Waals surface area contributed by atoms with E-state index in [2.05, 4.69) is 51.7 Å². The number of methoxy groups -OCH3 is 3. The van der Waals surface area contributed by atoms with Gasteiger partial charge in [-0.3, -0.25) is 9.69 Å². The quantitative estimate of drug-likeness (QED) is 0.438. The first kappa shape index (κ1) is 25.9. The summed E-state index contributed by atoms with van der Waals surface area (Å²) in [6.45, 7) is 5.81. The maximum absolute atomic E-state index is 13.0. The van der Waals surface area contributed by atoms with Crippen LogP contribution in [-0.4, -0.2) is 64.4 Å². The first-order valence-corrected chi connectivity index (χ1v) is 13.1. The highest BCUT2D eigenvalue weighted by Gasteiger charge is 2.31. The van der Waals surface area contributed by atoms with Crippen molar-refractivity contribution in [2.24, 2.45) is 0 Å². The summed E-state index contributed by atoms with van der Waals surface area (Å²) in [7, 11) is 4.89. The van der Waals surface area contributed by atoms with Gasteiger partial charge < -0.3 is 24.4 Å². The molecule has 4 rings (SSSR count). The number of rotatable bonds is 10. The number of carbonyl (C=O) groups is 1. The molecule has 2 unspecified atom stereocenters. The number of amides is 1. The summed E-state index contributed by atoms with van der Waals surface area (Å²) in [5.41, 5.74) is 2.09. The smallest absolute Gasteiger partial charge is 0.224 e. The van der Waals surface area contributed by atoms with Gasteiger partial charge in [-0.1, -0.05) is 12.1 Å². The number of nitrogens with one attached hydrogen (secondary N) is 1. The minimum atomic E-state index is -0.0381. The van der Waals surface area contributed by atoms with Gasteiger partial charge in [0.2, 0.25) is 5.91 Å². The van der Waals surface area contributed by atoms with Crippen LogP contribution in [0.3, 0.4) is 0 Å². The first-order valence-electron chi connectivity index (χ1n) is 12.2. The number of hydrogen-bond donors (Lipinski definition) is 1. The predicted octanol–water partition coefficient (Wildman–Crippen LogP) is 4.38. The van der Waals surface area contributed by atoms with E-state index in [1.807, 2.05) is 30.3 Å². The lowest BCUT2D eigenvalue weighted by Crippen LogP contribution is -2.52. The number of carbonyl (C=O) groups excluding carboxylic acids is 1. The number of thiophene rings is 1. The van der Waals surface area contributed by atoms with E-state index in [0.29, 0.717) is 11.5 Å². The molecule has 1 aliphatic rings. The molecule has 2 heterocycles. The van der Waals surface area contributed by atoms with Gasteiger partial charge in [0, 0.05) is 42.8 Å². The van der Waals surface area contributed by atoms with Crippen molar-refractivity contribution in [2.45, 2.75) is 25.4 Å². The van der Waals surface area contributed by atoms with Crippen LogP contribution in [-0.2, 0) is 11.2 Å². The largest absolute Gasteiger partial charge is 0.497 e. The summed E-state index contributed by atoms with van der Waals surface area (Å²) in [5, 5.41) is 5.37. The van der Waals surface area contributed by atoms with Crippen LogP contribution < -0.4 is 24.4 Å². The minimum absolute atomic E-state index is 0.00635. The average Bonchev–Trinajstić information content (AvgIpc) is 3.43. The summed E-state index contributed by atoms with van der Waals surface area (Å²) < 4.78 is 16.0. The van der Waals surface area contributed by atoms with E-state index in [9.17, 15) is 4.79 Å². The van der Waals surface area contributed by atoms with Crippen LogP contribution in [0.1, 0.15) is 23.4 Å². The highest BCUT2D eigenvalue weighted by atomic mass is 32.1. The van der Waals surface area contributed by atoms with Gasteiger partial charge in [-0.25, -0.2) is 0 Å². The summed E-state index contributed by atoms with van der Waals surface area (Å²) in [6.07, 6.45) is 0.285. The molecule has 7 nitrogen and oxygen atoms in total. The fraction of sp³-hybridized carbons (Fsp3) is 0.393. The summed E-state index contributed by atoms with van der Waals surface area (Å²) in [4.78, 5) is 19.2. The maximum atomic E-state index is 13.0. The molecule has 3 aromatic rings. The Bertz CT molecular complexity index is 1110. The van der Waals surface area contributed by atoms with Crippen LogP contribution >= 0.6 is 11.3 Å². The first-order chi connectivity index (χ1) is 17.5. The number of hydrogen-bond acceptors (Lipinski definition) is 7. The number of piperazine rings is 1. The van der Waals surface area contributed by atoms with Gasteiger partial charge in [0.25, 0.3) is 0 Å². The van der Waals surface area contributed by atoms with Gasteiger partial charge in [-0.15, -0.1) is 11.3 Å². The number of ether oxygens (including phenoxy) is 3. The molecule has 0 bridgehead atoms. The second-order valence-electron chi connectivity index (χ2n) is 8.90. The van der Waals surface area contributed by atoms with Crippen LogP contribution in [0.5, 0.6) is 17.2 Å². The lowest BCUT2D eigenvalue weighted by molar-refractivity contribution is -0.121. The molecule has 0 radical (unpaired) electrons. The Labute approximate surface area is 217 Å². The molecule has 1 N–H and O–H groups in total. The summed E-state index contributed by atoms with van der Waals surface area (Å²) >= 11 is 1.74. The van der Waals surface area contributed by atoms with Crippen LogP contribution in [0.4, 0.5) is 5.69 Å². The minimum Gasteiger partial charge on any atom is -0.497 e. The molecule has 1 amide bonds. The Morgan fingerprint density at radius 2 is 1.67 bits per heavy atom. The molecule has 2 atom stereocenters. The number of nitrogens with zero attached hydrogens (tertiary/aromatic N) is 2. The van der Waals surface area contributed by atoms with E-state index in [1.165, 1.54) is 10.6 Å². The molecule has 2 aromatic carbocycles. The van der Waals surface area contributed by atoms with Crippen molar-refractivity contribution < 1.29 is 19.0 Å². The van der Waals surface area contributed by atoms with E-state index in [4.69, 9.17) is 14.2 Å². The van der Waals surface area contributed by atoms with Gasteiger partial charge in [0.1, 0.15) is 5.75 Å². The van der Waals surface area contributed by atoms with Crippen LogP contribution in [0.2, 0.25) is 0 Å². The van der Waals surface area contributed by atoms with Crippen molar-refractivity contribution in [2.75, 3.05) is 52.4 Å². The third-order valence-corrected chi connectivity index (χ3v) is 7.60. The second kappa shape index (κ2) is 12.1. The van der Waals surface area contributed by atoms with Crippen molar-refractivity contribution in [3.63, 3.8) is 0 Å². The zero-order valence-electron chi connectivity index (χ0n) is 21.4. The number of benzene rings is 2. The lowest BCUT2D eigenvalue weighted by Gasteiger charge is -2.42. The molecule has 1 fully saturated rings. The van der Waals surface area contributed by atoms with Gasteiger partial charge in [0.05, 0.1) is 33.8 Å². The van der Waals surface area contributed by atoms with E-state index in [-0.39, 0.29) is 24.4 Å². The maximum Gasteiger partial charge on any atom is 0.224 e. The normalized spacial score (nSPS) is 15.7. The summed E-state index contributed by atoms with van der Waals surface area (Å²) in [6, 6.07) is 18.2. The molecule has 1 saturated heterocycles. The second-order valence-corrected chi connectivity index (χ2v) is 9.88. The molecule has 8 heteroatoms. The predicted molar refractivity (Wildman–Crippen MR) is 145 cm³/mol. The Hall–Kier alpha value is -3.23. The lowest BCUT2D eigenvalue weighted by atomic mass is 10.0. The molecule has 0 spiro atoms. The fourth-order valence-electron chi connectivity index (χ4n) is 4.81. The van der Waals surface area contributed by atoms with E-state index < -0.39 is 0 Å². The third kappa shape index (κ3) is 6.12. The molecule has 0 aliphatic carbocycles. The van der Waals surface area contributed by atoms with Crippen molar-refractivity contribution in [1.29, 1.82) is 0 Å². The topological polar surface area (TPSA) is 63.3 Å². The van der Waals surface area contributed by atoms with Gasteiger partial charge in [0.15, 0.2) is 11.5 Å². The summed E-state index contributed by atoms with van der Waals surface area (Å²) in [5.74, 6) is 2.14. The monoisotopic (exact) mass is 509 g/mol. The molecule has 192 valence electrons. The van der Waals surface area contributed by atoms with E-state index in [1.54, 1.807) is 32.7 Å². The zero-order valence-corrected chi connectivity index (χ0v) is 22.2. The van der Waals surface area contributed by atoms with Crippen LogP contribution in [0, 0.1) is 0 Å². The third-order valence-electron chi connectivity index (χ3n) is 6.65. The van der Waals surface area contributed by atoms with E-state index >= 15 is 0 Å². The van der Waals surface area contributed by atoms with Gasteiger partial charge in [-0.2, -0.15) is 0 Å². The van der Waals surface area contributed by atoms with Gasteiger partial charge >= 0.3 is 0 Å². The molecule has 1 aromatic heterocycles. The van der Waals surface area contributed by atoms with Crippen molar-refractivity contribution in [1.82, 2.24) is 10.2 Å². The average molecular weight is 510 g/mol. The molecule has 1 aliphatic heterocycles. The Kier molecular flexibility index (Phi) is 8.72. The molecule has 36 heavy (non-hydrogen) atoms. The van der Waals surface area contributed by atoms with Crippen molar-refractivity contribution in [3.8, 4) is 17.2 Å². The highest BCUT2D eigenvalue weighted by Crippen LogP contribution is 2.31. The van der Waals surface area contributed by atoms with Crippen molar-refractivity contribution in [3.05, 3.63) is 70.4 Å². The van der Waals surface area contributed by atoms with E-state index in [0.717, 1.165) is 37.5 Å². The SMILES string of the molecule is COc1ccc(N2CCN(C(c3cccs3)C(C)NC(=O)Cc3ccc(OC)c(OC)c3)CC2)cc1. The Morgan fingerprint density at radius 3 is 2.28 bits per heavy atom.